The van der Waals surface area contributed by atoms with Crippen molar-refractivity contribution in [3.63, 3.8) is 0 Å². The summed E-state index contributed by atoms with van der Waals surface area (Å²) < 4.78 is 47.2. The molecule has 1 aromatic carbocycles. The number of aryl methyl sites for hydroxylation is 1. The Hall–Kier alpha value is -1.75. The van der Waals surface area contributed by atoms with Gasteiger partial charge in [0.15, 0.2) is 0 Å². The molecule has 2 rings (SSSR count). The molecule has 2 aromatic rings. The third kappa shape index (κ3) is 4.41. The highest BCUT2D eigenvalue weighted by Crippen LogP contribution is 2.29. The first-order valence-corrected chi connectivity index (χ1v) is 10.6. The molecule has 0 atom stereocenters. The predicted octanol–water partition coefficient (Wildman–Crippen LogP) is 1.64. The van der Waals surface area contributed by atoms with Crippen molar-refractivity contribution in [3.05, 3.63) is 42.0 Å². The minimum Gasteiger partial charge on any atom is -0.481 e. The van der Waals surface area contributed by atoms with Gasteiger partial charge in [0.1, 0.15) is 8.42 Å². The van der Waals surface area contributed by atoms with Gasteiger partial charge in [-0.15, -0.1) is 11.3 Å². The zero-order valence-corrected chi connectivity index (χ0v) is 14.8. The van der Waals surface area contributed by atoms with Gasteiger partial charge in [0.25, 0.3) is 0 Å². The molecular weight excluding hydrogens is 374 g/mol. The molecule has 0 aliphatic carbocycles. The van der Waals surface area contributed by atoms with Crippen LogP contribution in [-0.2, 0) is 31.1 Å². The van der Waals surface area contributed by atoms with Crippen molar-refractivity contribution in [2.75, 3.05) is 0 Å². The molecule has 0 bridgehead atoms. The molecule has 0 aliphatic heterocycles. The number of carboxylic acid groups (broad SMARTS) is 1. The third-order valence-electron chi connectivity index (χ3n) is 3.19. The Balaban J connectivity index is 2.21. The van der Waals surface area contributed by atoms with Gasteiger partial charge < -0.3 is 5.11 Å². The summed E-state index contributed by atoms with van der Waals surface area (Å²) in [5.41, 5.74) is 0.826. The number of hydrogen-bond donors (Lipinski definition) is 2. The number of sulfonamides is 1. The molecular formula is C14H15NO6S3. The van der Waals surface area contributed by atoms with Crippen LogP contribution in [0.15, 0.2) is 49.7 Å². The number of carboxylic acids is 1. The van der Waals surface area contributed by atoms with E-state index < -0.39 is 25.8 Å². The van der Waals surface area contributed by atoms with Gasteiger partial charge >= 0.3 is 5.97 Å². The highest BCUT2D eigenvalue weighted by Gasteiger charge is 2.22. The summed E-state index contributed by atoms with van der Waals surface area (Å²) in [6.45, 7) is 0. The third-order valence-corrected chi connectivity index (χ3v) is 7.98. The number of nitrogens with two attached hydrogens (primary N) is 1. The van der Waals surface area contributed by atoms with Crippen molar-refractivity contribution in [1.29, 1.82) is 0 Å². The summed E-state index contributed by atoms with van der Waals surface area (Å²) in [6, 6.07) is 8.43. The lowest BCUT2D eigenvalue weighted by atomic mass is 10.1. The van der Waals surface area contributed by atoms with Crippen molar-refractivity contribution < 1.29 is 26.7 Å². The molecule has 0 spiro atoms. The van der Waals surface area contributed by atoms with Crippen molar-refractivity contribution >= 4 is 37.2 Å². The maximum atomic E-state index is 12.5. The second-order valence-corrected chi connectivity index (χ2v) is 10.1. The van der Waals surface area contributed by atoms with Crippen molar-refractivity contribution in [2.24, 2.45) is 5.14 Å². The Labute approximate surface area is 143 Å². The molecule has 0 unspecified atom stereocenters. The molecule has 0 saturated carbocycles. The van der Waals surface area contributed by atoms with Crippen LogP contribution in [0.1, 0.15) is 18.4 Å². The van der Waals surface area contributed by atoms with E-state index in [-0.39, 0.29) is 19.7 Å². The SMILES string of the molecule is NS(=O)(=O)c1ccc(S(=O)(=O)c2ccc(CCCC(=O)O)cc2)s1. The van der Waals surface area contributed by atoms with Crippen molar-refractivity contribution in [3.8, 4) is 0 Å². The molecule has 1 heterocycles. The average Bonchev–Trinajstić information content (AvgIpc) is 2.98. The van der Waals surface area contributed by atoms with E-state index in [1.807, 2.05) is 0 Å². The summed E-state index contributed by atoms with van der Waals surface area (Å²) in [4.78, 5) is 10.5. The van der Waals surface area contributed by atoms with Crippen molar-refractivity contribution in [1.82, 2.24) is 0 Å². The molecule has 3 N–H and O–H groups in total. The Bertz CT molecular complexity index is 943. The molecule has 1 aromatic heterocycles. The quantitative estimate of drug-likeness (QED) is 0.740. The molecule has 24 heavy (non-hydrogen) atoms. The molecule has 130 valence electrons. The van der Waals surface area contributed by atoms with Crippen LogP contribution in [-0.4, -0.2) is 27.9 Å². The van der Waals surface area contributed by atoms with Crippen LogP contribution >= 0.6 is 11.3 Å². The molecule has 10 heteroatoms. The maximum absolute atomic E-state index is 12.5. The van der Waals surface area contributed by atoms with E-state index in [2.05, 4.69) is 0 Å². The van der Waals surface area contributed by atoms with E-state index in [4.69, 9.17) is 10.2 Å². The lowest BCUT2D eigenvalue weighted by Gasteiger charge is -2.04. The summed E-state index contributed by atoms with van der Waals surface area (Å²) in [5, 5.41) is 13.6. The van der Waals surface area contributed by atoms with E-state index in [0.717, 1.165) is 11.6 Å². The first-order chi connectivity index (χ1) is 11.1. The number of sulfone groups is 1. The average molecular weight is 389 g/mol. The Morgan fingerprint density at radius 2 is 1.58 bits per heavy atom. The first kappa shape index (κ1) is 18.6. The Morgan fingerprint density at radius 1 is 1.00 bits per heavy atom. The monoisotopic (exact) mass is 389 g/mol. The minimum absolute atomic E-state index is 0.0345. The molecule has 0 radical (unpaired) electrons. The van der Waals surface area contributed by atoms with Crippen LogP contribution in [0.3, 0.4) is 0 Å². The smallest absolute Gasteiger partial charge is 0.303 e. The van der Waals surface area contributed by atoms with E-state index in [9.17, 15) is 21.6 Å². The second kappa shape index (κ2) is 7.01. The first-order valence-electron chi connectivity index (χ1n) is 6.79. The summed E-state index contributed by atoms with van der Waals surface area (Å²) in [6.07, 6.45) is 1.04. The van der Waals surface area contributed by atoms with Gasteiger partial charge in [-0.1, -0.05) is 12.1 Å². The fourth-order valence-electron chi connectivity index (χ4n) is 2.00. The second-order valence-electron chi connectivity index (χ2n) is 5.01. The van der Waals surface area contributed by atoms with Gasteiger partial charge in [0.05, 0.1) is 4.90 Å². The standard InChI is InChI=1S/C14H15NO6S3/c15-24(20,21)14-9-8-13(22-14)23(18,19)11-6-4-10(5-7-11)2-1-3-12(16)17/h4-9H,1-3H2,(H,16,17)(H2,15,20,21). The van der Waals surface area contributed by atoms with Gasteiger partial charge in [-0.25, -0.2) is 22.0 Å². The molecule has 0 aliphatic rings. The number of benzene rings is 1. The fraction of sp³-hybridized carbons (Fsp3) is 0.214. The van der Waals surface area contributed by atoms with E-state index in [1.165, 1.54) is 18.2 Å². The number of hydrogen-bond acceptors (Lipinski definition) is 6. The molecule has 7 nitrogen and oxygen atoms in total. The fourth-order valence-corrected chi connectivity index (χ4v) is 5.59. The summed E-state index contributed by atoms with van der Waals surface area (Å²) in [5.74, 6) is -0.877. The lowest BCUT2D eigenvalue weighted by Crippen LogP contribution is -2.09. The highest BCUT2D eigenvalue weighted by atomic mass is 32.3. The van der Waals surface area contributed by atoms with Crippen LogP contribution in [0.4, 0.5) is 0 Å². The molecule has 0 amide bonds. The van der Waals surface area contributed by atoms with Crippen LogP contribution in [0.5, 0.6) is 0 Å². The highest BCUT2D eigenvalue weighted by molar-refractivity contribution is 7.95. The number of carbonyl (C=O) groups is 1. The number of rotatable bonds is 7. The summed E-state index contributed by atoms with van der Waals surface area (Å²) in [7, 11) is -7.77. The largest absolute Gasteiger partial charge is 0.481 e. The molecule has 0 saturated heterocycles. The van der Waals surface area contributed by atoms with Crippen LogP contribution in [0.2, 0.25) is 0 Å². The Kier molecular flexibility index (Phi) is 5.43. The number of thiophene rings is 1. The van der Waals surface area contributed by atoms with Crippen LogP contribution < -0.4 is 5.14 Å². The normalized spacial score (nSPS) is 12.2. The van der Waals surface area contributed by atoms with Gasteiger partial charge in [-0.3, -0.25) is 4.79 Å². The zero-order valence-electron chi connectivity index (χ0n) is 12.4. The van der Waals surface area contributed by atoms with Gasteiger partial charge in [0, 0.05) is 6.42 Å². The van der Waals surface area contributed by atoms with E-state index >= 15 is 0 Å². The number of aliphatic carboxylic acids is 1. The van der Waals surface area contributed by atoms with E-state index in [1.54, 1.807) is 12.1 Å². The molecule has 0 fully saturated rings. The summed E-state index contributed by atoms with van der Waals surface area (Å²) >= 11 is 0.597. The van der Waals surface area contributed by atoms with Gasteiger partial charge in [0.2, 0.25) is 19.9 Å². The van der Waals surface area contributed by atoms with Crippen molar-refractivity contribution in [2.45, 2.75) is 32.6 Å². The number of primary sulfonamides is 1. The lowest BCUT2D eigenvalue weighted by molar-refractivity contribution is -0.137. The van der Waals surface area contributed by atoms with Gasteiger partial charge in [-0.05, 0) is 42.7 Å². The Morgan fingerprint density at radius 3 is 2.08 bits per heavy atom. The van der Waals surface area contributed by atoms with E-state index in [0.29, 0.717) is 24.2 Å². The topological polar surface area (TPSA) is 132 Å². The van der Waals surface area contributed by atoms with Crippen LogP contribution in [0, 0.1) is 0 Å². The minimum atomic E-state index is -3.94. The van der Waals surface area contributed by atoms with Crippen LogP contribution in [0.25, 0.3) is 0 Å². The zero-order chi connectivity index (χ0) is 18.0. The van der Waals surface area contributed by atoms with Gasteiger partial charge in [-0.2, -0.15) is 0 Å². The predicted molar refractivity (Wildman–Crippen MR) is 88.2 cm³/mol. The maximum Gasteiger partial charge on any atom is 0.303 e.